The molecule has 0 spiro atoms. The summed E-state index contributed by atoms with van der Waals surface area (Å²) in [7, 11) is 0. The molecule has 1 fully saturated rings. The zero-order chi connectivity index (χ0) is 18.5. The van der Waals surface area contributed by atoms with Crippen LogP contribution in [0.15, 0.2) is 58.3 Å². The van der Waals surface area contributed by atoms with Crippen molar-refractivity contribution in [1.82, 2.24) is 10.9 Å². The van der Waals surface area contributed by atoms with Gasteiger partial charge in [-0.25, -0.2) is 0 Å². The van der Waals surface area contributed by atoms with E-state index >= 15 is 0 Å². The summed E-state index contributed by atoms with van der Waals surface area (Å²) in [5.41, 5.74) is 9.72. The van der Waals surface area contributed by atoms with Gasteiger partial charge in [0.1, 0.15) is 5.57 Å². The minimum atomic E-state index is -0.363. The van der Waals surface area contributed by atoms with Crippen LogP contribution in [0.25, 0.3) is 0 Å². The van der Waals surface area contributed by atoms with E-state index in [9.17, 15) is 9.59 Å². The number of thioether (sulfide) groups is 2. The first-order chi connectivity index (χ1) is 12.5. The van der Waals surface area contributed by atoms with Gasteiger partial charge in [-0.2, -0.15) is 0 Å². The molecule has 0 bridgehead atoms. The van der Waals surface area contributed by atoms with Crippen LogP contribution in [-0.4, -0.2) is 11.8 Å². The fourth-order valence-electron chi connectivity index (χ4n) is 2.38. The van der Waals surface area contributed by atoms with E-state index in [4.69, 9.17) is 0 Å². The third kappa shape index (κ3) is 4.71. The molecule has 2 aromatic carbocycles. The van der Waals surface area contributed by atoms with Crippen molar-refractivity contribution in [3.63, 3.8) is 0 Å². The summed E-state index contributed by atoms with van der Waals surface area (Å²) in [5.74, 6) is 0.692. The van der Waals surface area contributed by atoms with Crippen LogP contribution in [0.3, 0.4) is 0 Å². The average molecular weight is 385 g/mol. The maximum absolute atomic E-state index is 12.1. The van der Waals surface area contributed by atoms with Crippen molar-refractivity contribution in [3.8, 4) is 0 Å². The van der Waals surface area contributed by atoms with Crippen LogP contribution in [-0.2, 0) is 21.1 Å². The molecule has 6 heteroatoms. The van der Waals surface area contributed by atoms with Gasteiger partial charge < -0.3 is 0 Å². The number of nitrogens with one attached hydrogen (secondary N) is 2. The second-order valence-corrected chi connectivity index (χ2v) is 8.35. The van der Waals surface area contributed by atoms with Crippen LogP contribution < -0.4 is 10.9 Å². The monoisotopic (exact) mass is 384 g/mol. The Bertz CT molecular complexity index is 774. The van der Waals surface area contributed by atoms with Crippen molar-refractivity contribution >= 4 is 35.3 Å². The van der Waals surface area contributed by atoms with E-state index in [1.165, 1.54) is 34.7 Å². The van der Waals surface area contributed by atoms with Crippen LogP contribution in [0.4, 0.5) is 0 Å². The highest BCUT2D eigenvalue weighted by atomic mass is 32.2. The first-order valence-electron chi connectivity index (χ1n) is 8.24. The molecule has 2 amide bonds. The number of carbonyl (C=O) groups excluding carboxylic acids is 2. The average Bonchev–Trinajstić information content (AvgIpc) is 2.97. The largest absolute Gasteiger partial charge is 0.277 e. The lowest BCUT2D eigenvalue weighted by molar-refractivity contribution is -0.117. The molecule has 0 saturated carbocycles. The topological polar surface area (TPSA) is 58.2 Å². The van der Waals surface area contributed by atoms with Gasteiger partial charge >= 0.3 is 0 Å². The van der Waals surface area contributed by atoms with Crippen LogP contribution >= 0.6 is 23.5 Å². The van der Waals surface area contributed by atoms with Gasteiger partial charge in [0, 0.05) is 11.5 Å². The van der Waals surface area contributed by atoms with Gasteiger partial charge in [0.15, 0.2) is 0 Å². The highest BCUT2D eigenvalue weighted by molar-refractivity contribution is 8.21. The van der Waals surface area contributed by atoms with Crippen molar-refractivity contribution in [2.24, 2.45) is 0 Å². The summed E-state index contributed by atoms with van der Waals surface area (Å²) in [6, 6.07) is 16.6. The third-order valence-corrected chi connectivity index (χ3v) is 6.52. The third-order valence-electron chi connectivity index (χ3n) is 3.93. The molecule has 0 aromatic heterocycles. The molecule has 1 saturated heterocycles. The Balaban J connectivity index is 1.76. The summed E-state index contributed by atoms with van der Waals surface area (Å²) in [6.07, 6.45) is 0. The Morgan fingerprint density at radius 1 is 0.731 bits per heavy atom. The second kappa shape index (κ2) is 8.47. The SMILES string of the molecule is Cc1ccc(CSC(SCc2ccc(C)cc2)=C2C(=O)NNC2=O)cc1. The van der Waals surface area contributed by atoms with Crippen LogP contribution in [0.5, 0.6) is 0 Å². The van der Waals surface area contributed by atoms with Crippen molar-refractivity contribution in [2.45, 2.75) is 25.4 Å². The van der Waals surface area contributed by atoms with Crippen molar-refractivity contribution in [2.75, 3.05) is 0 Å². The molecule has 26 heavy (non-hydrogen) atoms. The van der Waals surface area contributed by atoms with E-state index in [-0.39, 0.29) is 17.4 Å². The first-order valence-corrected chi connectivity index (χ1v) is 10.2. The first kappa shape index (κ1) is 18.6. The lowest BCUT2D eigenvalue weighted by atomic mass is 10.2. The molecule has 1 aliphatic heterocycles. The number of amides is 2. The maximum Gasteiger partial charge on any atom is 0.277 e. The van der Waals surface area contributed by atoms with Crippen molar-refractivity contribution in [1.29, 1.82) is 0 Å². The van der Waals surface area contributed by atoms with Gasteiger partial charge in [-0.1, -0.05) is 59.7 Å². The number of aryl methyl sites for hydroxylation is 2. The predicted octanol–water partition coefficient (Wildman–Crippen LogP) is 3.84. The van der Waals surface area contributed by atoms with E-state index < -0.39 is 0 Å². The number of rotatable bonds is 6. The Morgan fingerprint density at radius 3 is 1.50 bits per heavy atom. The molecule has 0 radical (unpaired) electrons. The minimum absolute atomic E-state index is 0.208. The normalized spacial score (nSPS) is 13.5. The van der Waals surface area contributed by atoms with Gasteiger partial charge in [-0.15, -0.1) is 23.5 Å². The van der Waals surface area contributed by atoms with E-state index in [2.05, 4.69) is 73.2 Å². The number of carbonyl (C=O) groups is 2. The number of hydrazine groups is 1. The second-order valence-electron chi connectivity index (χ2n) is 6.12. The van der Waals surface area contributed by atoms with E-state index in [0.717, 1.165) is 15.4 Å². The zero-order valence-corrected chi connectivity index (χ0v) is 16.3. The molecule has 2 aromatic rings. The summed E-state index contributed by atoms with van der Waals surface area (Å²) in [6.45, 7) is 4.10. The van der Waals surface area contributed by atoms with Crippen LogP contribution in [0, 0.1) is 13.8 Å². The highest BCUT2D eigenvalue weighted by Crippen LogP contribution is 2.37. The van der Waals surface area contributed by atoms with Crippen molar-refractivity contribution in [3.05, 3.63) is 80.6 Å². The fourth-order valence-corrected chi connectivity index (χ4v) is 4.71. The Labute approximate surface area is 161 Å². The van der Waals surface area contributed by atoms with Gasteiger partial charge in [0.25, 0.3) is 11.8 Å². The van der Waals surface area contributed by atoms with Crippen molar-refractivity contribution < 1.29 is 9.59 Å². The quantitative estimate of drug-likeness (QED) is 0.587. The molecular formula is C20H20N2O2S2. The Hall–Kier alpha value is -2.18. The smallest absolute Gasteiger partial charge is 0.267 e. The molecule has 1 heterocycles. The lowest BCUT2D eigenvalue weighted by Crippen LogP contribution is -2.28. The molecule has 0 atom stereocenters. The standard InChI is InChI=1S/C20H20N2O2S2/c1-13-3-7-15(8-4-13)11-25-20(17-18(23)21-22-19(17)24)26-12-16-9-5-14(2)6-10-16/h3-10H,11-12H2,1-2H3,(H,21,23)(H,22,24). The minimum Gasteiger partial charge on any atom is -0.267 e. The molecule has 0 unspecified atom stereocenters. The molecule has 134 valence electrons. The van der Waals surface area contributed by atoms with E-state index in [0.29, 0.717) is 11.5 Å². The number of benzene rings is 2. The number of hydrogen-bond acceptors (Lipinski definition) is 4. The highest BCUT2D eigenvalue weighted by Gasteiger charge is 2.30. The van der Waals surface area contributed by atoms with Gasteiger partial charge in [-0.3, -0.25) is 20.4 Å². The molecule has 1 aliphatic rings. The summed E-state index contributed by atoms with van der Waals surface area (Å²) in [5, 5.41) is 0. The Morgan fingerprint density at radius 2 is 1.12 bits per heavy atom. The summed E-state index contributed by atoms with van der Waals surface area (Å²) < 4.78 is 0.749. The Kier molecular flexibility index (Phi) is 6.06. The summed E-state index contributed by atoms with van der Waals surface area (Å²) in [4.78, 5) is 24.1. The molecule has 3 rings (SSSR count). The predicted molar refractivity (Wildman–Crippen MR) is 108 cm³/mol. The van der Waals surface area contributed by atoms with Gasteiger partial charge in [-0.05, 0) is 25.0 Å². The fraction of sp³-hybridized carbons (Fsp3) is 0.200. The maximum atomic E-state index is 12.1. The van der Waals surface area contributed by atoms with E-state index in [1.807, 2.05) is 0 Å². The zero-order valence-electron chi connectivity index (χ0n) is 14.7. The van der Waals surface area contributed by atoms with Gasteiger partial charge in [0.05, 0.1) is 4.24 Å². The van der Waals surface area contributed by atoms with Crippen LogP contribution in [0.2, 0.25) is 0 Å². The molecular weight excluding hydrogens is 364 g/mol. The van der Waals surface area contributed by atoms with Gasteiger partial charge in [0.2, 0.25) is 0 Å². The van der Waals surface area contributed by atoms with Crippen LogP contribution in [0.1, 0.15) is 22.3 Å². The van der Waals surface area contributed by atoms with E-state index in [1.54, 1.807) is 0 Å². The molecule has 4 nitrogen and oxygen atoms in total. The molecule has 0 aliphatic carbocycles. The number of hydrogen-bond donors (Lipinski definition) is 2. The lowest BCUT2D eigenvalue weighted by Gasteiger charge is -2.09. The summed E-state index contributed by atoms with van der Waals surface area (Å²) >= 11 is 3.06. The molecule has 2 N–H and O–H groups in total.